The number of H-pyrrole nitrogens is 1. The monoisotopic (exact) mass is 136 g/mol. The van der Waals surface area contributed by atoms with E-state index in [0.29, 0.717) is 0 Å². The Kier molecular flexibility index (Phi) is 2.55. The highest BCUT2D eigenvalue weighted by Crippen LogP contribution is 2.10. The van der Waals surface area contributed by atoms with Gasteiger partial charge in [0.1, 0.15) is 0 Å². The summed E-state index contributed by atoms with van der Waals surface area (Å²) >= 11 is 0. The standard InChI is InChI=1S/C9H14N/c1-3-5-8-6-7-10-9(8)4-2/h4,6-7,10H,3,5H2,1-2H3. The van der Waals surface area contributed by atoms with Crippen molar-refractivity contribution in [2.45, 2.75) is 26.7 Å². The van der Waals surface area contributed by atoms with Crippen LogP contribution >= 0.6 is 0 Å². The van der Waals surface area contributed by atoms with Crippen molar-refractivity contribution in [1.29, 1.82) is 0 Å². The fraction of sp³-hybridized carbons (Fsp3) is 0.444. The van der Waals surface area contributed by atoms with Crippen molar-refractivity contribution >= 4 is 0 Å². The maximum atomic E-state index is 3.18. The maximum Gasteiger partial charge on any atom is 0.0214 e. The van der Waals surface area contributed by atoms with Gasteiger partial charge in [0.15, 0.2) is 0 Å². The molecule has 0 unspecified atom stereocenters. The van der Waals surface area contributed by atoms with Gasteiger partial charge in [0.25, 0.3) is 0 Å². The van der Waals surface area contributed by atoms with Crippen LogP contribution in [0.25, 0.3) is 0 Å². The summed E-state index contributed by atoms with van der Waals surface area (Å²) in [5.74, 6) is 0. The smallest absolute Gasteiger partial charge is 0.0214 e. The zero-order valence-electron chi connectivity index (χ0n) is 6.65. The van der Waals surface area contributed by atoms with Crippen molar-refractivity contribution in [3.63, 3.8) is 0 Å². The van der Waals surface area contributed by atoms with Crippen LogP contribution < -0.4 is 0 Å². The predicted octanol–water partition coefficient (Wildman–Crippen LogP) is 2.54. The number of hydrogen-bond acceptors (Lipinski definition) is 0. The summed E-state index contributed by atoms with van der Waals surface area (Å²) in [5.41, 5.74) is 2.71. The molecule has 1 aromatic rings. The first-order chi connectivity index (χ1) is 4.88. The zero-order valence-corrected chi connectivity index (χ0v) is 6.65. The van der Waals surface area contributed by atoms with Crippen LogP contribution in [0, 0.1) is 6.42 Å². The number of aromatic amines is 1. The van der Waals surface area contributed by atoms with Crippen molar-refractivity contribution in [3.05, 3.63) is 29.9 Å². The molecule has 1 rings (SSSR count). The van der Waals surface area contributed by atoms with Gasteiger partial charge in [-0.15, -0.1) is 0 Å². The van der Waals surface area contributed by atoms with Gasteiger partial charge in [0.05, 0.1) is 0 Å². The van der Waals surface area contributed by atoms with Crippen LogP contribution in [0.5, 0.6) is 0 Å². The molecule has 0 fully saturated rings. The summed E-state index contributed by atoms with van der Waals surface area (Å²) in [6.45, 7) is 4.26. The molecule has 1 heterocycles. The van der Waals surface area contributed by atoms with Crippen LogP contribution in [-0.2, 0) is 6.42 Å². The molecule has 55 valence electrons. The number of nitrogens with one attached hydrogen (secondary N) is 1. The largest absolute Gasteiger partial charge is 0.365 e. The second kappa shape index (κ2) is 3.45. The van der Waals surface area contributed by atoms with E-state index in [2.05, 4.69) is 31.3 Å². The Morgan fingerprint density at radius 3 is 3.00 bits per heavy atom. The first-order valence-corrected chi connectivity index (χ1v) is 3.84. The van der Waals surface area contributed by atoms with Gasteiger partial charge < -0.3 is 4.98 Å². The number of rotatable bonds is 3. The molecule has 0 spiro atoms. The topological polar surface area (TPSA) is 15.8 Å². The Balaban J connectivity index is 2.70. The van der Waals surface area contributed by atoms with Crippen LogP contribution in [0.2, 0.25) is 0 Å². The molecule has 10 heavy (non-hydrogen) atoms. The van der Waals surface area contributed by atoms with Gasteiger partial charge in [-0.25, -0.2) is 0 Å². The van der Waals surface area contributed by atoms with Crippen molar-refractivity contribution in [3.8, 4) is 0 Å². The van der Waals surface area contributed by atoms with E-state index < -0.39 is 0 Å². The molecule has 0 aliphatic rings. The average Bonchev–Trinajstić information content (AvgIpc) is 2.36. The summed E-state index contributed by atoms with van der Waals surface area (Å²) < 4.78 is 0. The van der Waals surface area contributed by atoms with Crippen molar-refractivity contribution in [2.24, 2.45) is 0 Å². The third-order valence-electron chi connectivity index (χ3n) is 1.68. The van der Waals surface area contributed by atoms with Crippen molar-refractivity contribution < 1.29 is 0 Å². The minimum Gasteiger partial charge on any atom is -0.365 e. The van der Waals surface area contributed by atoms with Gasteiger partial charge in [-0.05, 0) is 18.1 Å². The molecule has 0 saturated carbocycles. The van der Waals surface area contributed by atoms with Gasteiger partial charge in [-0.2, -0.15) is 0 Å². The van der Waals surface area contributed by atoms with E-state index in [0.717, 1.165) is 0 Å². The lowest BCUT2D eigenvalue weighted by Crippen LogP contribution is -1.85. The van der Waals surface area contributed by atoms with E-state index in [-0.39, 0.29) is 0 Å². The molecular formula is C9H14N. The summed E-state index contributed by atoms with van der Waals surface area (Å²) in [7, 11) is 0. The molecule has 0 saturated heterocycles. The van der Waals surface area contributed by atoms with Crippen LogP contribution in [0.3, 0.4) is 0 Å². The molecular weight excluding hydrogens is 122 g/mol. The van der Waals surface area contributed by atoms with E-state index >= 15 is 0 Å². The lowest BCUT2D eigenvalue weighted by Gasteiger charge is -1.96. The number of hydrogen-bond donors (Lipinski definition) is 1. The minimum absolute atomic E-state index is 1.18. The molecule has 0 aromatic carbocycles. The van der Waals surface area contributed by atoms with Gasteiger partial charge in [-0.3, -0.25) is 0 Å². The molecule has 1 N–H and O–H groups in total. The lowest BCUT2D eigenvalue weighted by atomic mass is 10.1. The van der Waals surface area contributed by atoms with E-state index in [4.69, 9.17) is 0 Å². The Morgan fingerprint density at radius 2 is 2.40 bits per heavy atom. The van der Waals surface area contributed by atoms with Crippen molar-refractivity contribution in [2.75, 3.05) is 0 Å². The zero-order chi connectivity index (χ0) is 7.40. The predicted molar refractivity (Wildman–Crippen MR) is 43.9 cm³/mol. The fourth-order valence-electron chi connectivity index (χ4n) is 1.17. The van der Waals surface area contributed by atoms with Gasteiger partial charge in [-0.1, -0.05) is 20.3 Å². The quantitative estimate of drug-likeness (QED) is 0.657. The SMILES string of the molecule is C[CH]c1[nH]ccc1CCC. The second-order valence-electron chi connectivity index (χ2n) is 2.46. The average molecular weight is 136 g/mol. The van der Waals surface area contributed by atoms with Crippen LogP contribution in [0.1, 0.15) is 31.5 Å². The first kappa shape index (κ1) is 7.39. The Hall–Kier alpha value is -0.720. The van der Waals surface area contributed by atoms with Crippen LogP contribution in [0.15, 0.2) is 12.3 Å². The second-order valence-corrected chi connectivity index (χ2v) is 2.46. The molecule has 1 nitrogen and oxygen atoms in total. The van der Waals surface area contributed by atoms with Crippen LogP contribution in [-0.4, -0.2) is 4.98 Å². The van der Waals surface area contributed by atoms with Gasteiger partial charge >= 0.3 is 0 Å². The summed E-state index contributed by atoms with van der Waals surface area (Å²) in [6, 6.07) is 2.15. The Morgan fingerprint density at radius 1 is 1.60 bits per heavy atom. The van der Waals surface area contributed by atoms with Crippen LogP contribution in [0.4, 0.5) is 0 Å². The highest BCUT2D eigenvalue weighted by atomic mass is 14.7. The Labute approximate surface area is 62.5 Å². The van der Waals surface area contributed by atoms with E-state index in [1.54, 1.807) is 0 Å². The number of aryl methyl sites for hydroxylation is 1. The van der Waals surface area contributed by atoms with Crippen molar-refractivity contribution in [1.82, 2.24) is 4.98 Å². The minimum atomic E-state index is 1.18. The normalized spacial score (nSPS) is 10.2. The third kappa shape index (κ3) is 1.41. The molecule has 1 heteroatoms. The fourth-order valence-corrected chi connectivity index (χ4v) is 1.17. The molecule has 0 amide bonds. The van der Waals surface area contributed by atoms with E-state index in [1.165, 1.54) is 24.1 Å². The molecule has 0 aliphatic carbocycles. The Bertz CT molecular complexity index is 188. The van der Waals surface area contributed by atoms with E-state index in [9.17, 15) is 0 Å². The number of aromatic nitrogens is 1. The third-order valence-corrected chi connectivity index (χ3v) is 1.68. The molecule has 1 radical (unpaired) electrons. The summed E-state index contributed by atoms with van der Waals surface area (Å²) in [5, 5.41) is 0. The first-order valence-electron chi connectivity index (χ1n) is 3.84. The van der Waals surface area contributed by atoms with E-state index in [1.807, 2.05) is 6.20 Å². The molecule has 0 atom stereocenters. The van der Waals surface area contributed by atoms with Gasteiger partial charge in [0.2, 0.25) is 0 Å². The molecule has 0 aliphatic heterocycles. The molecule has 0 bridgehead atoms. The maximum absolute atomic E-state index is 3.18. The summed E-state index contributed by atoms with van der Waals surface area (Å²) in [4.78, 5) is 3.18. The van der Waals surface area contributed by atoms with Gasteiger partial charge in [0, 0.05) is 18.3 Å². The molecule has 1 aromatic heterocycles. The summed E-state index contributed by atoms with van der Waals surface area (Å²) in [6.07, 6.45) is 6.52. The lowest BCUT2D eigenvalue weighted by molar-refractivity contribution is 0.914. The highest BCUT2D eigenvalue weighted by Gasteiger charge is 1.98. The highest BCUT2D eigenvalue weighted by molar-refractivity contribution is 5.25.